The maximum absolute atomic E-state index is 13.3. The van der Waals surface area contributed by atoms with Gasteiger partial charge >= 0.3 is 0 Å². The van der Waals surface area contributed by atoms with Crippen LogP contribution in [0.4, 0.5) is 4.39 Å². The SMILES string of the molecule is COc1ccc(OC)c(C(C)NC(C)c2ccc(F)c(Cl)c2)c1. The van der Waals surface area contributed by atoms with Gasteiger partial charge in [0, 0.05) is 17.6 Å². The number of ether oxygens (including phenoxy) is 2. The van der Waals surface area contributed by atoms with Gasteiger partial charge in [0.25, 0.3) is 0 Å². The Morgan fingerprint density at radius 3 is 2.35 bits per heavy atom. The van der Waals surface area contributed by atoms with E-state index in [4.69, 9.17) is 21.1 Å². The summed E-state index contributed by atoms with van der Waals surface area (Å²) in [5, 5.41) is 3.60. The number of hydrogen-bond acceptors (Lipinski definition) is 3. The zero-order chi connectivity index (χ0) is 17.0. The van der Waals surface area contributed by atoms with Crippen LogP contribution in [0, 0.1) is 5.82 Å². The molecule has 0 aliphatic rings. The standard InChI is InChI=1S/C18H21ClFNO2/c1-11(13-5-7-17(20)16(19)9-13)21-12(2)15-10-14(22-3)6-8-18(15)23-4/h5-12,21H,1-4H3. The van der Waals surface area contributed by atoms with Crippen molar-refractivity contribution in [2.75, 3.05) is 14.2 Å². The van der Waals surface area contributed by atoms with Crippen LogP contribution in [0.25, 0.3) is 0 Å². The summed E-state index contributed by atoms with van der Waals surface area (Å²) in [6.07, 6.45) is 0. The van der Waals surface area contributed by atoms with Crippen LogP contribution in [-0.2, 0) is 0 Å². The van der Waals surface area contributed by atoms with Crippen LogP contribution in [0.2, 0.25) is 5.02 Å². The van der Waals surface area contributed by atoms with Crippen molar-refractivity contribution in [3.8, 4) is 11.5 Å². The first-order valence-corrected chi connectivity index (χ1v) is 7.77. The molecule has 5 heteroatoms. The van der Waals surface area contributed by atoms with E-state index in [9.17, 15) is 4.39 Å². The Morgan fingerprint density at radius 2 is 1.74 bits per heavy atom. The van der Waals surface area contributed by atoms with Gasteiger partial charge in [0.2, 0.25) is 0 Å². The summed E-state index contributed by atoms with van der Waals surface area (Å²) >= 11 is 5.86. The van der Waals surface area contributed by atoms with Gasteiger partial charge in [0.05, 0.1) is 19.2 Å². The second-order valence-electron chi connectivity index (χ2n) is 5.39. The summed E-state index contributed by atoms with van der Waals surface area (Å²) in [4.78, 5) is 0. The average molecular weight is 338 g/mol. The lowest BCUT2D eigenvalue weighted by Gasteiger charge is -2.23. The summed E-state index contributed by atoms with van der Waals surface area (Å²) in [6.45, 7) is 4.05. The van der Waals surface area contributed by atoms with Gasteiger partial charge in [-0.2, -0.15) is 0 Å². The molecule has 124 valence electrons. The maximum atomic E-state index is 13.3. The first-order valence-electron chi connectivity index (χ1n) is 7.39. The van der Waals surface area contributed by atoms with Crippen LogP contribution in [0.15, 0.2) is 36.4 Å². The van der Waals surface area contributed by atoms with Gasteiger partial charge in [-0.15, -0.1) is 0 Å². The fourth-order valence-electron chi connectivity index (χ4n) is 2.52. The average Bonchev–Trinajstić information content (AvgIpc) is 2.56. The molecule has 2 unspecified atom stereocenters. The molecule has 1 N–H and O–H groups in total. The van der Waals surface area contributed by atoms with Gasteiger partial charge in [0.15, 0.2) is 0 Å². The third-order valence-electron chi connectivity index (χ3n) is 3.85. The quantitative estimate of drug-likeness (QED) is 0.812. The van der Waals surface area contributed by atoms with E-state index in [1.807, 2.05) is 32.0 Å². The largest absolute Gasteiger partial charge is 0.497 e. The Hall–Kier alpha value is -1.78. The molecule has 0 aliphatic carbocycles. The van der Waals surface area contributed by atoms with Crippen LogP contribution in [0.1, 0.15) is 37.1 Å². The van der Waals surface area contributed by atoms with Gasteiger partial charge < -0.3 is 14.8 Å². The molecule has 0 amide bonds. The molecule has 0 saturated heterocycles. The lowest BCUT2D eigenvalue weighted by atomic mass is 10.0. The Morgan fingerprint density at radius 1 is 1.00 bits per heavy atom. The van der Waals surface area contributed by atoms with E-state index in [-0.39, 0.29) is 17.1 Å². The van der Waals surface area contributed by atoms with Gasteiger partial charge in [-0.05, 0) is 49.7 Å². The van der Waals surface area contributed by atoms with Crippen LogP contribution in [0.3, 0.4) is 0 Å². The normalized spacial score (nSPS) is 13.5. The fraction of sp³-hybridized carbons (Fsp3) is 0.333. The summed E-state index contributed by atoms with van der Waals surface area (Å²) < 4.78 is 24.0. The van der Waals surface area contributed by atoms with Crippen molar-refractivity contribution < 1.29 is 13.9 Å². The number of hydrogen-bond donors (Lipinski definition) is 1. The predicted molar refractivity (Wildman–Crippen MR) is 90.9 cm³/mol. The number of rotatable bonds is 6. The van der Waals surface area contributed by atoms with Gasteiger partial charge in [0.1, 0.15) is 17.3 Å². The molecule has 0 saturated carbocycles. The first-order chi connectivity index (χ1) is 11.0. The van der Waals surface area contributed by atoms with Crippen molar-refractivity contribution in [1.29, 1.82) is 0 Å². The zero-order valence-corrected chi connectivity index (χ0v) is 14.4. The molecule has 2 rings (SSSR count). The molecule has 2 aromatic carbocycles. The van der Waals surface area contributed by atoms with Crippen LogP contribution in [-0.4, -0.2) is 14.2 Å². The molecule has 0 aromatic heterocycles. The molecule has 0 heterocycles. The van der Waals surface area contributed by atoms with E-state index < -0.39 is 5.82 Å². The zero-order valence-electron chi connectivity index (χ0n) is 13.7. The predicted octanol–water partition coefficient (Wildman–Crippen LogP) is 4.91. The molecular formula is C18H21ClFNO2. The molecular weight excluding hydrogens is 317 g/mol. The highest BCUT2D eigenvalue weighted by Crippen LogP contribution is 2.31. The molecule has 2 aromatic rings. The summed E-state index contributed by atoms with van der Waals surface area (Å²) in [7, 11) is 3.27. The number of methoxy groups -OCH3 is 2. The fourth-order valence-corrected chi connectivity index (χ4v) is 2.71. The minimum atomic E-state index is -0.412. The van der Waals surface area contributed by atoms with E-state index in [0.29, 0.717) is 0 Å². The van der Waals surface area contributed by atoms with Crippen molar-refractivity contribution >= 4 is 11.6 Å². The Labute approximate surface area is 141 Å². The minimum Gasteiger partial charge on any atom is -0.497 e. The van der Waals surface area contributed by atoms with Crippen molar-refractivity contribution in [2.24, 2.45) is 0 Å². The maximum Gasteiger partial charge on any atom is 0.141 e. The highest BCUT2D eigenvalue weighted by Gasteiger charge is 2.16. The van der Waals surface area contributed by atoms with Gasteiger partial charge in [-0.3, -0.25) is 0 Å². The van der Waals surface area contributed by atoms with Gasteiger partial charge in [-0.1, -0.05) is 17.7 Å². The van der Waals surface area contributed by atoms with E-state index in [1.54, 1.807) is 26.4 Å². The first kappa shape index (κ1) is 17.6. The highest BCUT2D eigenvalue weighted by atomic mass is 35.5. The van der Waals surface area contributed by atoms with Crippen molar-refractivity contribution in [1.82, 2.24) is 5.32 Å². The molecule has 0 radical (unpaired) electrons. The third-order valence-corrected chi connectivity index (χ3v) is 4.14. The van der Waals surface area contributed by atoms with E-state index in [2.05, 4.69) is 5.32 Å². The molecule has 2 atom stereocenters. The topological polar surface area (TPSA) is 30.5 Å². The van der Waals surface area contributed by atoms with Crippen molar-refractivity contribution in [3.05, 3.63) is 58.4 Å². The van der Waals surface area contributed by atoms with Crippen LogP contribution in [0.5, 0.6) is 11.5 Å². The third kappa shape index (κ3) is 4.15. The Kier molecular flexibility index (Phi) is 5.85. The van der Waals surface area contributed by atoms with E-state index in [1.165, 1.54) is 6.07 Å². The highest BCUT2D eigenvalue weighted by molar-refractivity contribution is 6.30. The number of halogens is 2. The van der Waals surface area contributed by atoms with Crippen molar-refractivity contribution in [2.45, 2.75) is 25.9 Å². The lowest BCUT2D eigenvalue weighted by molar-refractivity contribution is 0.387. The Balaban J connectivity index is 2.20. The second-order valence-corrected chi connectivity index (χ2v) is 5.80. The molecule has 0 fully saturated rings. The van der Waals surface area contributed by atoms with Crippen LogP contribution >= 0.6 is 11.6 Å². The van der Waals surface area contributed by atoms with E-state index in [0.717, 1.165) is 22.6 Å². The minimum absolute atomic E-state index is 0.000919. The molecule has 0 aliphatic heterocycles. The lowest BCUT2D eigenvalue weighted by Crippen LogP contribution is -2.23. The number of nitrogens with one attached hydrogen (secondary N) is 1. The van der Waals surface area contributed by atoms with Crippen LogP contribution < -0.4 is 14.8 Å². The Bertz CT molecular complexity index is 678. The van der Waals surface area contributed by atoms with E-state index >= 15 is 0 Å². The smallest absolute Gasteiger partial charge is 0.141 e. The monoisotopic (exact) mass is 337 g/mol. The van der Waals surface area contributed by atoms with Gasteiger partial charge in [-0.25, -0.2) is 4.39 Å². The van der Waals surface area contributed by atoms with Crippen molar-refractivity contribution in [3.63, 3.8) is 0 Å². The summed E-state index contributed by atoms with van der Waals surface area (Å²) in [6, 6.07) is 10.5. The molecule has 0 spiro atoms. The summed E-state index contributed by atoms with van der Waals surface area (Å²) in [5.74, 6) is 1.15. The summed E-state index contributed by atoms with van der Waals surface area (Å²) in [5.41, 5.74) is 1.91. The molecule has 3 nitrogen and oxygen atoms in total. The molecule has 23 heavy (non-hydrogen) atoms. The number of benzene rings is 2. The second kappa shape index (κ2) is 7.66. The molecule has 0 bridgehead atoms.